The van der Waals surface area contributed by atoms with Crippen LogP contribution in [-0.2, 0) is 11.2 Å². The Labute approximate surface area is 149 Å². The Morgan fingerprint density at radius 1 is 1.09 bits per heavy atom. The average molecular weight is 360 g/mol. The van der Waals surface area contributed by atoms with Crippen molar-refractivity contribution in [3.63, 3.8) is 0 Å². The second kappa shape index (κ2) is 11.5. The fourth-order valence-electron chi connectivity index (χ4n) is 2.24. The van der Waals surface area contributed by atoms with Crippen LogP contribution in [0.2, 0.25) is 0 Å². The summed E-state index contributed by atoms with van der Waals surface area (Å²) in [4.78, 5) is 15.8. The molecule has 4 nitrogen and oxygen atoms in total. The van der Waals surface area contributed by atoms with Gasteiger partial charge in [-0.3, -0.25) is 9.69 Å². The van der Waals surface area contributed by atoms with Crippen LogP contribution >= 0.6 is 23.2 Å². The van der Waals surface area contributed by atoms with Gasteiger partial charge in [-0.15, -0.1) is 23.2 Å². The van der Waals surface area contributed by atoms with E-state index in [1.165, 1.54) is 5.56 Å². The third-order valence-corrected chi connectivity index (χ3v) is 3.81. The predicted molar refractivity (Wildman–Crippen MR) is 99.7 cm³/mol. The van der Waals surface area contributed by atoms with Crippen LogP contribution in [0.4, 0.5) is 5.69 Å². The van der Waals surface area contributed by atoms with Gasteiger partial charge in [0.25, 0.3) is 0 Å². The monoisotopic (exact) mass is 359 g/mol. The van der Waals surface area contributed by atoms with Crippen LogP contribution in [-0.4, -0.2) is 56.4 Å². The molecule has 0 radical (unpaired) electrons. The van der Waals surface area contributed by atoms with Crippen molar-refractivity contribution in [1.82, 2.24) is 10.2 Å². The van der Waals surface area contributed by atoms with E-state index in [9.17, 15) is 4.79 Å². The van der Waals surface area contributed by atoms with E-state index in [0.29, 0.717) is 24.8 Å². The fraction of sp³-hybridized carbons (Fsp3) is 0.588. The van der Waals surface area contributed by atoms with Gasteiger partial charge in [0.1, 0.15) is 0 Å². The SMILES string of the molecule is CN(C)CNC(=O)CCCc1ccc(N(CCCl)CCCl)cc1. The second-order valence-corrected chi connectivity index (χ2v) is 6.48. The molecule has 1 aromatic carbocycles. The van der Waals surface area contributed by atoms with Crippen molar-refractivity contribution >= 4 is 34.8 Å². The summed E-state index contributed by atoms with van der Waals surface area (Å²) in [6, 6.07) is 8.42. The normalized spacial score (nSPS) is 10.8. The highest BCUT2D eigenvalue weighted by Crippen LogP contribution is 2.16. The van der Waals surface area contributed by atoms with Gasteiger partial charge >= 0.3 is 0 Å². The number of anilines is 1. The number of aryl methyl sites for hydroxylation is 1. The summed E-state index contributed by atoms with van der Waals surface area (Å²) in [6.07, 6.45) is 2.31. The molecule has 0 aromatic heterocycles. The molecule has 6 heteroatoms. The number of benzene rings is 1. The molecule has 0 saturated heterocycles. The molecule has 0 saturated carbocycles. The zero-order chi connectivity index (χ0) is 17.1. The van der Waals surface area contributed by atoms with Crippen molar-refractivity contribution in [3.05, 3.63) is 29.8 Å². The Morgan fingerprint density at radius 3 is 2.22 bits per heavy atom. The number of carbonyl (C=O) groups is 1. The van der Waals surface area contributed by atoms with Gasteiger partial charge in [0.05, 0.1) is 6.67 Å². The quantitative estimate of drug-likeness (QED) is 0.487. The standard InChI is InChI=1S/C17H27Cl2N3O/c1-21(2)14-20-17(23)5-3-4-15-6-8-16(9-7-15)22(12-10-18)13-11-19/h6-9H,3-5,10-14H2,1-2H3,(H,20,23). The predicted octanol–water partition coefficient (Wildman–Crippen LogP) is 2.93. The topological polar surface area (TPSA) is 35.6 Å². The van der Waals surface area contributed by atoms with Crippen molar-refractivity contribution in [3.8, 4) is 0 Å². The maximum Gasteiger partial charge on any atom is 0.221 e. The van der Waals surface area contributed by atoms with E-state index in [1.54, 1.807) is 0 Å². The minimum absolute atomic E-state index is 0.103. The van der Waals surface area contributed by atoms with E-state index in [4.69, 9.17) is 23.2 Å². The third-order valence-electron chi connectivity index (χ3n) is 3.47. The molecule has 0 aliphatic carbocycles. The molecule has 130 valence electrons. The lowest BCUT2D eigenvalue weighted by atomic mass is 10.1. The summed E-state index contributed by atoms with van der Waals surface area (Å²) in [7, 11) is 3.86. The average Bonchev–Trinajstić information content (AvgIpc) is 2.53. The second-order valence-electron chi connectivity index (χ2n) is 5.72. The molecule has 0 atom stereocenters. The summed E-state index contributed by atoms with van der Waals surface area (Å²) in [5, 5.41) is 2.88. The summed E-state index contributed by atoms with van der Waals surface area (Å²) in [5.74, 6) is 1.27. The fourth-order valence-corrected chi connectivity index (χ4v) is 2.64. The summed E-state index contributed by atoms with van der Waals surface area (Å²) in [6.45, 7) is 2.17. The number of hydrogen-bond donors (Lipinski definition) is 1. The summed E-state index contributed by atoms with van der Waals surface area (Å²) < 4.78 is 0. The smallest absolute Gasteiger partial charge is 0.221 e. The zero-order valence-corrected chi connectivity index (χ0v) is 15.5. The van der Waals surface area contributed by atoms with Gasteiger partial charge < -0.3 is 10.2 Å². The highest BCUT2D eigenvalue weighted by atomic mass is 35.5. The third kappa shape index (κ3) is 8.45. The van der Waals surface area contributed by atoms with Crippen molar-refractivity contribution in [2.45, 2.75) is 19.3 Å². The van der Waals surface area contributed by atoms with Crippen LogP contribution < -0.4 is 10.2 Å². The molecule has 0 aliphatic heterocycles. The number of nitrogens with zero attached hydrogens (tertiary/aromatic N) is 2. The Hall–Kier alpha value is -0.970. The minimum Gasteiger partial charge on any atom is -0.369 e. The molecule has 1 rings (SSSR count). The largest absolute Gasteiger partial charge is 0.369 e. The number of nitrogens with one attached hydrogen (secondary N) is 1. The van der Waals surface area contributed by atoms with Crippen LogP contribution in [0.3, 0.4) is 0 Å². The van der Waals surface area contributed by atoms with Gasteiger partial charge in [-0.1, -0.05) is 12.1 Å². The van der Waals surface area contributed by atoms with E-state index >= 15 is 0 Å². The maximum atomic E-state index is 11.7. The molecule has 1 aromatic rings. The van der Waals surface area contributed by atoms with E-state index < -0.39 is 0 Å². The lowest BCUT2D eigenvalue weighted by molar-refractivity contribution is -0.121. The van der Waals surface area contributed by atoms with Crippen LogP contribution in [0.25, 0.3) is 0 Å². The first-order valence-corrected chi connectivity index (χ1v) is 9.01. The first-order valence-electron chi connectivity index (χ1n) is 7.94. The van der Waals surface area contributed by atoms with Gasteiger partial charge in [-0.05, 0) is 44.6 Å². The van der Waals surface area contributed by atoms with Crippen molar-refractivity contribution in [1.29, 1.82) is 0 Å². The van der Waals surface area contributed by atoms with Gasteiger partial charge in [-0.25, -0.2) is 0 Å². The molecule has 1 amide bonds. The van der Waals surface area contributed by atoms with Crippen LogP contribution in [0.15, 0.2) is 24.3 Å². The summed E-state index contributed by atoms with van der Waals surface area (Å²) >= 11 is 11.7. The molecular formula is C17H27Cl2N3O. The van der Waals surface area contributed by atoms with Gasteiger partial charge in [0.15, 0.2) is 0 Å². The van der Waals surface area contributed by atoms with E-state index in [2.05, 4.69) is 34.5 Å². The molecule has 1 N–H and O–H groups in total. The highest BCUT2D eigenvalue weighted by molar-refractivity contribution is 6.18. The molecule has 0 fully saturated rings. The first-order chi connectivity index (χ1) is 11.1. The van der Waals surface area contributed by atoms with Gasteiger partial charge in [0.2, 0.25) is 5.91 Å². The number of halogens is 2. The molecular weight excluding hydrogens is 333 g/mol. The Bertz CT molecular complexity index is 446. The van der Waals surface area contributed by atoms with Crippen LogP contribution in [0.5, 0.6) is 0 Å². The van der Waals surface area contributed by atoms with Gasteiger partial charge in [-0.2, -0.15) is 0 Å². The van der Waals surface area contributed by atoms with Crippen molar-refractivity contribution < 1.29 is 4.79 Å². The number of carbonyl (C=O) groups excluding carboxylic acids is 1. The molecule has 0 bridgehead atoms. The van der Waals surface area contributed by atoms with Crippen LogP contribution in [0, 0.1) is 0 Å². The van der Waals surface area contributed by atoms with Crippen molar-refractivity contribution in [2.24, 2.45) is 0 Å². The summed E-state index contributed by atoms with van der Waals surface area (Å²) in [5.41, 5.74) is 2.38. The van der Waals surface area contributed by atoms with E-state index in [1.807, 2.05) is 19.0 Å². The van der Waals surface area contributed by atoms with Crippen molar-refractivity contribution in [2.75, 3.05) is 50.5 Å². The molecule has 0 spiro atoms. The molecule has 0 aliphatic rings. The number of amides is 1. The number of hydrogen-bond acceptors (Lipinski definition) is 3. The Balaban J connectivity index is 2.40. The Morgan fingerprint density at radius 2 is 1.70 bits per heavy atom. The maximum absolute atomic E-state index is 11.7. The lowest BCUT2D eigenvalue weighted by Crippen LogP contribution is -2.32. The lowest BCUT2D eigenvalue weighted by Gasteiger charge is -2.23. The highest BCUT2D eigenvalue weighted by Gasteiger charge is 2.06. The number of alkyl halides is 2. The molecule has 0 heterocycles. The molecule has 0 unspecified atom stereocenters. The van der Waals surface area contributed by atoms with Crippen LogP contribution in [0.1, 0.15) is 18.4 Å². The Kier molecular flexibility index (Phi) is 10.1. The molecule has 23 heavy (non-hydrogen) atoms. The first kappa shape index (κ1) is 20.1. The minimum atomic E-state index is 0.103. The van der Waals surface area contributed by atoms with E-state index in [0.717, 1.165) is 31.6 Å². The van der Waals surface area contributed by atoms with E-state index in [-0.39, 0.29) is 5.91 Å². The van der Waals surface area contributed by atoms with Gasteiger partial charge in [0, 0.05) is 37.0 Å². The number of rotatable bonds is 11. The zero-order valence-electron chi connectivity index (χ0n) is 14.0.